The Bertz CT molecular complexity index is 600. The topological polar surface area (TPSA) is 81.2 Å². The van der Waals surface area contributed by atoms with Crippen molar-refractivity contribution in [3.05, 3.63) is 34.6 Å². The van der Waals surface area contributed by atoms with Gasteiger partial charge in [0.25, 0.3) is 5.22 Å². The maximum Gasteiger partial charge on any atom is 0.256 e. The monoisotopic (exact) mass is 341 g/mol. The van der Waals surface area contributed by atoms with E-state index < -0.39 is 0 Å². The molecule has 1 aromatic heterocycles. The van der Waals surface area contributed by atoms with Gasteiger partial charge in [0.05, 0.1) is 17.1 Å². The Kier molecular flexibility index (Phi) is 4.49. The van der Waals surface area contributed by atoms with Crippen LogP contribution in [0.2, 0.25) is 0 Å². The molecule has 0 atom stereocenters. The predicted molar refractivity (Wildman–Crippen MR) is 79.1 cm³/mol. The minimum absolute atomic E-state index is 0.133. The molecular formula is C12H12BrN3O2S. The van der Waals surface area contributed by atoms with E-state index in [1.165, 1.54) is 11.8 Å². The molecule has 19 heavy (non-hydrogen) atoms. The second-order valence-electron chi connectivity index (χ2n) is 3.83. The quantitative estimate of drug-likeness (QED) is 0.659. The molecule has 0 unspecified atom stereocenters. The van der Waals surface area contributed by atoms with Crippen LogP contribution in [-0.2, 0) is 4.79 Å². The van der Waals surface area contributed by atoms with Gasteiger partial charge in [0.2, 0.25) is 5.91 Å². The molecule has 1 amide bonds. The lowest BCUT2D eigenvalue weighted by Gasteiger charge is -2.07. The van der Waals surface area contributed by atoms with E-state index in [1.807, 2.05) is 6.92 Å². The minimum Gasteiger partial charge on any atom is -0.440 e. The summed E-state index contributed by atoms with van der Waals surface area (Å²) in [6.07, 6.45) is 1.55. The summed E-state index contributed by atoms with van der Waals surface area (Å²) in [4.78, 5) is 15.9. The number of carbonyl (C=O) groups is 1. The largest absolute Gasteiger partial charge is 0.440 e. The van der Waals surface area contributed by atoms with Crippen LogP contribution in [0.15, 0.2) is 38.6 Å². The Morgan fingerprint density at radius 2 is 2.37 bits per heavy atom. The van der Waals surface area contributed by atoms with Crippen LogP contribution in [0.25, 0.3) is 0 Å². The summed E-state index contributed by atoms with van der Waals surface area (Å²) < 4.78 is 5.90. The molecule has 7 heteroatoms. The van der Waals surface area contributed by atoms with E-state index in [0.29, 0.717) is 16.6 Å². The van der Waals surface area contributed by atoms with E-state index in [4.69, 9.17) is 10.2 Å². The van der Waals surface area contributed by atoms with Gasteiger partial charge in [-0.05, 0) is 41.1 Å². The van der Waals surface area contributed by atoms with Crippen molar-refractivity contribution in [2.75, 3.05) is 16.8 Å². The van der Waals surface area contributed by atoms with E-state index in [0.717, 1.165) is 10.2 Å². The number of nitrogens with two attached hydrogens (primary N) is 1. The zero-order chi connectivity index (χ0) is 13.8. The second-order valence-corrected chi connectivity index (χ2v) is 5.61. The first-order valence-electron chi connectivity index (χ1n) is 5.44. The molecule has 5 nitrogen and oxygen atoms in total. The van der Waals surface area contributed by atoms with Crippen molar-refractivity contribution in [1.82, 2.24) is 4.98 Å². The Balaban J connectivity index is 1.90. The molecule has 0 aliphatic carbocycles. The second kappa shape index (κ2) is 6.12. The normalized spacial score (nSPS) is 10.4. The summed E-state index contributed by atoms with van der Waals surface area (Å²) >= 11 is 4.59. The zero-order valence-corrected chi connectivity index (χ0v) is 12.5. The molecule has 0 spiro atoms. The number of hydrogen-bond donors (Lipinski definition) is 2. The molecule has 0 bridgehead atoms. The van der Waals surface area contributed by atoms with Gasteiger partial charge < -0.3 is 15.5 Å². The van der Waals surface area contributed by atoms with E-state index in [1.54, 1.807) is 24.5 Å². The number of benzene rings is 1. The highest BCUT2D eigenvalue weighted by Crippen LogP contribution is 2.25. The van der Waals surface area contributed by atoms with E-state index in [2.05, 4.69) is 26.2 Å². The van der Waals surface area contributed by atoms with Gasteiger partial charge in [0, 0.05) is 10.2 Å². The number of nitrogen functional groups attached to an aromatic ring is 1. The van der Waals surface area contributed by atoms with Gasteiger partial charge in [-0.2, -0.15) is 0 Å². The summed E-state index contributed by atoms with van der Waals surface area (Å²) in [5.41, 5.74) is 7.74. The van der Waals surface area contributed by atoms with Crippen molar-refractivity contribution in [3.8, 4) is 0 Å². The first-order chi connectivity index (χ1) is 9.04. The molecule has 100 valence electrons. The van der Waals surface area contributed by atoms with Crippen LogP contribution in [0.3, 0.4) is 0 Å². The van der Waals surface area contributed by atoms with Gasteiger partial charge in [0.1, 0.15) is 6.26 Å². The molecule has 1 aromatic carbocycles. The smallest absolute Gasteiger partial charge is 0.256 e. The fraction of sp³-hybridized carbons (Fsp3) is 0.167. The zero-order valence-electron chi connectivity index (χ0n) is 10.1. The molecule has 0 fully saturated rings. The van der Waals surface area contributed by atoms with Gasteiger partial charge in [-0.25, -0.2) is 4.98 Å². The maximum atomic E-state index is 11.8. The third kappa shape index (κ3) is 4.00. The Morgan fingerprint density at radius 1 is 1.58 bits per heavy atom. The number of aryl methyl sites for hydroxylation is 1. The lowest BCUT2D eigenvalue weighted by molar-refractivity contribution is -0.113. The first-order valence-corrected chi connectivity index (χ1v) is 7.22. The molecule has 0 radical (unpaired) electrons. The lowest BCUT2D eigenvalue weighted by Crippen LogP contribution is -2.14. The molecule has 0 aliphatic heterocycles. The van der Waals surface area contributed by atoms with E-state index in [-0.39, 0.29) is 11.7 Å². The first kappa shape index (κ1) is 14.0. The number of aromatic nitrogens is 1. The summed E-state index contributed by atoms with van der Waals surface area (Å²) in [6.45, 7) is 1.83. The van der Waals surface area contributed by atoms with Gasteiger partial charge in [0.15, 0.2) is 0 Å². The molecule has 0 saturated heterocycles. The standard InChI is InChI=1S/C12H12BrN3O2S/c1-7-5-18-12(15-7)19-6-11(17)16-10-3-2-8(14)4-9(10)13/h2-5H,6,14H2,1H3,(H,16,17). The molecule has 2 rings (SSSR count). The number of hydrogen-bond acceptors (Lipinski definition) is 5. The van der Waals surface area contributed by atoms with Crippen LogP contribution < -0.4 is 11.1 Å². The number of nitrogens with one attached hydrogen (secondary N) is 1. The number of carbonyl (C=O) groups excluding carboxylic acids is 1. The number of thioether (sulfide) groups is 1. The van der Waals surface area contributed by atoms with Gasteiger partial charge in [-0.3, -0.25) is 4.79 Å². The molecule has 0 saturated carbocycles. The molecular weight excluding hydrogens is 330 g/mol. The van der Waals surface area contributed by atoms with Crippen LogP contribution in [0.4, 0.5) is 11.4 Å². The maximum absolute atomic E-state index is 11.8. The van der Waals surface area contributed by atoms with Crippen LogP contribution >= 0.6 is 27.7 Å². The fourth-order valence-corrected chi connectivity index (χ4v) is 2.49. The molecule has 3 N–H and O–H groups in total. The summed E-state index contributed by atoms with van der Waals surface area (Å²) in [5.74, 6) is 0.0999. The summed E-state index contributed by atoms with van der Waals surface area (Å²) in [5, 5.41) is 3.27. The van der Waals surface area contributed by atoms with Crippen molar-refractivity contribution >= 4 is 45.0 Å². The van der Waals surface area contributed by atoms with Gasteiger partial charge in [-0.15, -0.1) is 0 Å². The van der Waals surface area contributed by atoms with Gasteiger partial charge in [-0.1, -0.05) is 11.8 Å². The van der Waals surface area contributed by atoms with E-state index >= 15 is 0 Å². The number of nitrogens with zero attached hydrogens (tertiary/aromatic N) is 1. The Labute approximate surface area is 123 Å². The highest BCUT2D eigenvalue weighted by atomic mass is 79.9. The Hall–Kier alpha value is -1.47. The van der Waals surface area contributed by atoms with Gasteiger partial charge >= 0.3 is 0 Å². The molecule has 0 aliphatic rings. The van der Waals surface area contributed by atoms with Crippen LogP contribution in [0, 0.1) is 6.92 Å². The number of amides is 1. The summed E-state index contributed by atoms with van der Waals surface area (Å²) in [7, 11) is 0. The van der Waals surface area contributed by atoms with Crippen molar-refractivity contribution in [3.63, 3.8) is 0 Å². The highest BCUT2D eigenvalue weighted by molar-refractivity contribution is 9.10. The SMILES string of the molecule is Cc1coc(SCC(=O)Nc2ccc(N)cc2Br)n1. The number of rotatable bonds is 4. The van der Waals surface area contributed by atoms with Crippen LogP contribution in [-0.4, -0.2) is 16.6 Å². The average Bonchev–Trinajstić information content (AvgIpc) is 2.76. The van der Waals surface area contributed by atoms with Crippen molar-refractivity contribution < 1.29 is 9.21 Å². The third-order valence-electron chi connectivity index (χ3n) is 2.19. The lowest BCUT2D eigenvalue weighted by atomic mass is 10.3. The van der Waals surface area contributed by atoms with Crippen LogP contribution in [0.1, 0.15) is 5.69 Å². The van der Waals surface area contributed by atoms with Crippen molar-refractivity contribution in [2.24, 2.45) is 0 Å². The van der Waals surface area contributed by atoms with Crippen molar-refractivity contribution in [1.29, 1.82) is 0 Å². The summed E-state index contributed by atoms with van der Waals surface area (Å²) in [6, 6.07) is 5.21. The Morgan fingerprint density at radius 3 is 3.00 bits per heavy atom. The predicted octanol–water partition coefficient (Wildman–Crippen LogP) is 3.06. The average molecular weight is 342 g/mol. The number of anilines is 2. The molecule has 2 aromatic rings. The fourth-order valence-electron chi connectivity index (χ4n) is 1.34. The molecule has 1 heterocycles. The number of halogens is 1. The third-order valence-corrected chi connectivity index (χ3v) is 3.69. The van der Waals surface area contributed by atoms with E-state index in [9.17, 15) is 4.79 Å². The minimum atomic E-state index is -0.133. The highest BCUT2D eigenvalue weighted by Gasteiger charge is 2.09. The van der Waals surface area contributed by atoms with Crippen molar-refractivity contribution in [2.45, 2.75) is 12.1 Å². The number of oxazole rings is 1. The van der Waals surface area contributed by atoms with Crippen LogP contribution in [0.5, 0.6) is 0 Å².